The summed E-state index contributed by atoms with van der Waals surface area (Å²) >= 11 is 11.4. The van der Waals surface area contributed by atoms with Crippen LogP contribution in [0, 0.1) is 5.82 Å². The monoisotopic (exact) mass is 479 g/mol. The van der Waals surface area contributed by atoms with Gasteiger partial charge in [0.25, 0.3) is 0 Å². The second-order valence-corrected chi connectivity index (χ2v) is 9.25. The number of H-pyrrole nitrogens is 1. The van der Waals surface area contributed by atoms with Gasteiger partial charge in [-0.2, -0.15) is 0 Å². The number of nitrogens with zero attached hydrogens (tertiary/aromatic N) is 2. The molecule has 2 heterocycles. The Morgan fingerprint density at radius 2 is 1.79 bits per heavy atom. The van der Waals surface area contributed by atoms with Crippen LogP contribution in [-0.4, -0.2) is 27.4 Å². The van der Waals surface area contributed by atoms with E-state index < -0.39 is 0 Å². The van der Waals surface area contributed by atoms with E-state index in [-0.39, 0.29) is 5.82 Å². The first-order valence-electron chi connectivity index (χ1n) is 9.33. The minimum atomic E-state index is -0.295. The first-order valence-corrected chi connectivity index (χ1v) is 11.3. The lowest BCUT2D eigenvalue weighted by molar-refractivity contribution is 0.489. The van der Waals surface area contributed by atoms with Crippen LogP contribution in [0.25, 0.3) is 22.6 Å². The van der Waals surface area contributed by atoms with Gasteiger partial charge in [-0.15, -0.1) is 0 Å². The molecule has 1 aliphatic heterocycles. The maximum Gasteiger partial charge on any atom is 0.138 e. The van der Waals surface area contributed by atoms with Gasteiger partial charge in [0.1, 0.15) is 11.6 Å². The third kappa shape index (κ3) is 4.62. The van der Waals surface area contributed by atoms with Gasteiger partial charge in [0.2, 0.25) is 0 Å². The number of aromatic amines is 1. The molecule has 1 saturated heterocycles. The van der Waals surface area contributed by atoms with Gasteiger partial charge < -0.3 is 4.98 Å². The SMILES string of the molecule is Fc1cc(-c2cnc(-c3ccc(Cl)c(SN4CCCCCC4)c3)[nH]2)ccc1Br. The number of benzene rings is 2. The molecule has 146 valence electrons. The van der Waals surface area contributed by atoms with Crippen molar-refractivity contribution in [3.63, 3.8) is 0 Å². The number of imidazole rings is 1. The lowest BCUT2D eigenvalue weighted by Crippen LogP contribution is -2.16. The summed E-state index contributed by atoms with van der Waals surface area (Å²) in [5.41, 5.74) is 2.50. The van der Waals surface area contributed by atoms with E-state index in [9.17, 15) is 4.39 Å². The van der Waals surface area contributed by atoms with Crippen LogP contribution in [0.2, 0.25) is 5.02 Å². The highest BCUT2D eigenvalue weighted by molar-refractivity contribution is 9.10. The van der Waals surface area contributed by atoms with Crippen LogP contribution in [0.15, 0.2) is 52.0 Å². The summed E-state index contributed by atoms with van der Waals surface area (Å²) in [5, 5.41) is 0.750. The van der Waals surface area contributed by atoms with Gasteiger partial charge in [0.15, 0.2) is 0 Å². The highest BCUT2D eigenvalue weighted by atomic mass is 79.9. The summed E-state index contributed by atoms with van der Waals surface area (Å²) in [5.74, 6) is 0.448. The smallest absolute Gasteiger partial charge is 0.138 e. The van der Waals surface area contributed by atoms with E-state index in [1.807, 2.05) is 18.2 Å². The molecule has 2 aromatic carbocycles. The van der Waals surface area contributed by atoms with Gasteiger partial charge in [-0.25, -0.2) is 13.7 Å². The zero-order valence-electron chi connectivity index (χ0n) is 15.2. The van der Waals surface area contributed by atoms with Crippen LogP contribution in [0.4, 0.5) is 4.39 Å². The van der Waals surface area contributed by atoms with Crippen molar-refractivity contribution in [2.45, 2.75) is 30.6 Å². The van der Waals surface area contributed by atoms with Gasteiger partial charge in [0.05, 0.1) is 21.4 Å². The summed E-state index contributed by atoms with van der Waals surface area (Å²) in [6.07, 6.45) is 6.80. The van der Waals surface area contributed by atoms with Crippen molar-refractivity contribution in [3.05, 3.63) is 57.9 Å². The zero-order chi connectivity index (χ0) is 19.5. The Bertz CT molecular complexity index is 970. The van der Waals surface area contributed by atoms with Crippen molar-refractivity contribution in [2.24, 2.45) is 0 Å². The molecule has 1 N–H and O–H groups in total. The number of aromatic nitrogens is 2. The Morgan fingerprint density at radius 3 is 2.54 bits per heavy atom. The Hall–Kier alpha value is -1.34. The van der Waals surface area contributed by atoms with Crippen molar-refractivity contribution in [3.8, 4) is 22.6 Å². The second-order valence-electron chi connectivity index (χ2n) is 6.85. The average Bonchev–Trinajstić information content (AvgIpc) is 3.04. The Labute approximate surface area is 182 Å². The highest BCUT2D eigenvalue weighted by Gasteiger charge is 2.14. The number of halogens is 3. The quantitative estimate of drug-likeness (QED) is 0.401. The molecule has 7 heteroatoms. The van der Waals surface area contributed by atoms with E-state index in [4.69, 9.17) is 11.6 Å². The molecule has 0 spiro atoms. The van der Waals surface area contributed by atoms with Crippen LogP contribution in [0.3, 0.4) is 0 Å². The molecule has 1 aromatic heterocycles. The number of nitrogens with one attached hydrogen (secondary N) is 1. The standard InChI is InChI=1S/C21H20BrClFN3S/c22-16-7-5-14(11-18(16)24)19-13-25-21(26-19)15-6-8-17(23)20(12-15)28-27-9-3-1-2-4-10-27/h5-8,11-13H,1-4,9-10H2,(H,25,26). The van der Waals surface area contributed by atoms with Gasteiger partial charge >= 0.3 is 0 Å². The molecule has 0 saturated carbocycles. The van der Waals surface area contributed by atoms with Gasteiger partial charge in [-0.3, -0.25) is 0 Å². The summed E-state index contributed by atoms with van der Waals surface area (Å²) in [7, 11) is 0. The second kappa shape index (κ2) is 8.99. The van der Waals surface area contributed by atoms with E-state index in [0.717, 1.165) is 45.7 Å². The van der Waals surface area contributed by atoms with E-state index in [0.29, 0.717) is 4.47 Å². The van der Waals surface area contributed by atoms with Crippen molar-refractivity contribution in [2.75, 3.05) is 13.1 Å². The first-order chi connectivity index (χ1) is 13.6. The van der Waals surface area contributed by atoms with E-state index in [1.54, 1.807) is 24.2 Å². The molecular formula is C21H20BrClFN3S. The van der Waals surface area contributed by atoms with Crippen LogP contribution in [-0.2, 0) is 0 Å². The molecule has 3 nitrogen and oxygen atoms in total. The molecule has 0 aliphatic carbocycles. The van der Waals surface area contributed by atoms with E-state index >= 15 is 0 Å². The molecule has 0 unspecified atom stereocenters. The van der Waals surface area contributed by atoms with E-state index in [1.165, 1.54) is 31.7 Å². The maximum atomic E-state index is 13.8. The van der Waals surface area contributed by atoms with Gasteiger partial charge in [-0.05, 0) is 71.1 Å². The summed E-state index contributed by atoms with van der Waals surface area (Å²) in [4.78, 5) is 8.82. The topological polar surface area (TPSA) is 31.9 Å². The van der Waals surface area contributed by atoms with Crippen LogP contribution in [0.5, 0.6) is 0 Å². The Kier molecular flexibility index (Phi) is 6.41. The number of hydrogen-bond donors (Lipinski definition) is 1. The van der Waals surface area contributed by atoms with Crippen LogP contribution in [0.1, 0.15) is 25.7 Å². The number of hydrogen-bond acceptors (Lipinski definition) is 3. The lowest BCUT2D eigenvalue weighted by atomic mass is 10.2. The first kappa shape index (κ1) is 20.0. The van der Waals surface area contributed by atoms with Gasteiger partial charge in [-0.1, -0.05) is 30.5 Å². The highest BCUT2D eigenvalue weighted by Crippen LogP contribution is 2.35. The zero-order valence-corrected chi connectivity index (χ0v) is 18.4. The molecule has 4 rings (SSSR count). The summed E-state index contributed by atoms with van der Waals surface area (Å²) < 4.78 is 16.7. The summed E-state index contributed by atoms with van der Waals surface area (Å²) in [6.45, 7) is 2.18. The normalized spacial score (nSPS) is 15.5. The third-order valence-corrected chi connectivity index (χ3v) is 7.05. The predicted octanol–water partition coefficient (Wildman–Crippen LogP) is 7.18. The molecule has 0 amide bonds. The fourth-order valence-corrected chi connectivity index (χ4v) is 4.79. The molecule has 0 atom stereocenters. The maximum absolute atomic E-state index is 13.8. The summed E-state index contributed by atoms with van der Waals surface area (Å²) in [6, 6.07) is 11.0. The molecule has 1 fully saturated rings. The van der Waals surface area contributed by atoms with E-state index in [2.05, 4.69) is 36.3 Å². The van der Waals surface area contributed by atoms with Crippen molar-refractivity contribution in [1.29, 1.82) is 0 Å². The predicted molar refractivity (Wildman–Crippen MR) is 118 cm³/mol. The van der Waals surface area contributed by atoms with Crippen molar-refractivity contribution in [1.82, 2.24) is 14.3 Å². The fourth-order valence-electron chi connectivity index (χ4n) is 3.27. The Morgan fingerprint density at radius 1 is 1.04 bits per heavy atom. The van der Waals surface area contributed by atoms with Crippen LogP contribution >= 0.6 is 39.5 Å². The minimum absolute atomic E-state index is 0.295. The molecule has 3 aromatic rings. The molecule has 0 bridgehead atoms. The Balaban J connectivity index is 1.57. The molecular weight excluding hydrogens is 461 g/mol. The van der Waals surface area contributed by atoms with Crippen molar-refractivity contribution >= 4 is 39.5 Å². The van der Waals surface area contributed by atoms with Crippen LogP contribution < -0.4 is 0 Å². The lowest BCUT2D eigenvalue weighted by Gasteiger charge is -2.19. The van der Waals surface area contributed by atoms with Gasteiger partial charge in [0, 0.05) is 29.1 Å². The number of rotatable bonds is 4. The third-order valence-electron chi connectivity index (χ3n) is 4.80. The largest absolute Gasteiger partial charge is 0.338 e. The molecule has 28 heavy (non-hydrogen) atoms. The molecule has 0 radical (unpaired) electrons. The van der Waals surface area contributed by atoms with Crippen molar-refractivity contribution < 1.29 is 4.39 Å². The fraction of sp³-hybridized carbons (Fsp3) is 0.286. The minimum Gasteiger partial charge on any atom is -0.338 e. The molecule has 1 aliphatic rings. The average molecular weight is 481 g/mol.